The Hall–Kier alpha value is -0.960. The fourth-order valence-corrected chi connectivity index (χ4v) is 4.25. The standard InChI is InChI=1S/C13H21N3O3S2/c1-13(4-6-14-7-5-13)10-15-11(17)9-16-21(18,19)12-3-2-8-20-12/h2-3,8,14,16H,4-7,9-10H2,1H3,(H,15,17). The lowest BCUT2D eigenvalue weighted by Crippen LogP contribution is -2.45. The Labute approximate surface area is 129 Å². The minimum Gasteiger partial charge on any atom is -0.354 e. The molecule has 1 fully saturated rings. The second kappa shape index (κ2) is 6.87. The lowest BCUT2D eigenvalue weighted by molar-refractivity contribution is -0.120. The van der Waals surface area contributed by atoms with Crippen LogP contribution in [-0.4, -0.2) is 40.5 Å². The van der Waals surface area contributed by atoms with Gasteiger partial charge in [0.25, 0.3) is 10.0 Å². The number of piperidine rings is 1. The first kappa shape index (κ1) is 16.4. The van der Waals surface area contributed by atoms with Gasteiger partial charge >= 0.3 is 0 Å². The first-order valence-electron chi connectivity index (χ1n) is 6.92. The minimum atomic E-state index is -3.57. The van der Waals surface area contributed by atoms with Crippen molar-refractivity contribution < 1.29 is 13.2 Å². The highest BCUT2D eigenvalue weighted by Gasteiger charge is 2.27. The van der Waals surface area contributed by atoms with E-state index in [-0.39, 0.29) is 22.1 Å². The molecule has 21 heavy (non-hydrogen) atoms. The van der Waals surface area contributed by atoms with Crippen LogP contribution < -0.4 is 15.4 Å². The van der Waals surface area contributed by atoms with Crippen LogP contribution >= 0.6 is 11.3 Å². The first-order valence-corrected chi connectivity index (χ1v) is 9.28. The highest BCUT2D eigenvalue weighted by atomic mass is 32.2. The maximum atomic E-state index is 11.9. The monoisotopic (exact) mass is 331 g/mol. The molecule has 0 atom stereocenters. The predicted octanol–water partition coefficient (Wildman–Crippen LogP) is 0.532. The molecule has 6 nitrogen and oxygen atoms in total. The summed E-state index contributed by atoms with van der Waals surface area (Å²) in [5.74, 6) is -0.296. The summed E-state index contributed by atoms with van der Waals surface area (Å²) in [5, 5.41) is 7.79. The van der Waals surface area contributed by atoms with Gasteiger partial charge in [0.2, 0.25) is 5.91 Å². The van der Waals surface area contributed by atoms with E-state index < -0.39 is 10.0 Å². The second-order valence-electron chi connectivity index (χ2n) is 5.59. The van der Waals surface area contributed by atoms with Crippen LogP contribution in [0.5, 0.6) is 0 Å². The third kappa shape index (κ3) is 4.77. The molecule has 1 aromatic heterocycles. The zero-order chi connectivity index (χ0) is 15.3. The maximum absolute atomic E-state index is 11.9. The molecule has 0 saturated carbocycles. The Morgan fingerprint density at radius 3 is 2.76 bits per heavy atom. The Morgan fingerprint density at radius 2 is 2.14 bits per heavy atom. The van der Waals surface area contributed by atoms with E-state index in [1.165, 1.54) is 6.07 Å². The van der Waals surface area contributed by atoms with Crippen LogP contribution in [0.15, 0.2) is 21.7 Å². The normalized spacial score (nSPS) is 18.3. The van der Waals surface area contributed by atoms with E-state index in [4.69, 9.17) is 0 Å². The SMILES string of the molecule is CC1(CNC(=O)CNS(=O)(=O)c2cccs2)CCNCC1. The molecule has 0 aromatic carbocycles. The van der Waals surface area contributed by atoms with Crippen LogP contribution in [0.4, 0.5) is 0 Å². The molecule has 0 radical (unpaired) electrons. The molecule has 1 aliphatic rings. The van der Waals surface area contributed by atoms with E-state index in [0.29, 0.717) is 6.54 Å². The van der Waals surface area contributed by atoms with Crippen molar-refractivity contribution in [2.75, 3.05) is 26.2 Å². The molecular formula is C13H21N3O3S2. The van der Waals surface area contributed by atoms with Crippen LogP contribution in [0.25, 0.3) is 0 Å². The van der Waals surface area contributed by atoms with Crippen molar-refractivity contribution in [3.8, 4) is 0 Å². The van der Waals surface area contributed by atoms with Crippen molar-refractivity contribution in [2.45, 2.75) is 24.0 Å². The lowest BCUT2D eigenvalue weighted by Gasteiger charge is -2.34. The van der Waals surface area contributed by atoms with Gasteiger partial charge < -0.3 is 10.6 Å². The van der Waals surface area contributed by atoms with Gasteiger partial charge in [0.05, 0.1) is 6.54 Å². The van der Waals surface area contributed by atoms with Crippen LogP contribution in [0.3, 0.4) is 0 Å². The average Bonchev–Trinajstić information content (AvgIpc) is 2.99. The van der Waals surface area contributed by atoms with Gasteiger partial charge in [-0.05, 0) is 42.8 Å². The summed E-state index contributed by atoms with van der Waals surface area (Å²) in [6.07, 6.45) is 2.02. The van der Waals surface area contributed by atoms with E-state index in [2.05, 4.69) is 22.3 Å². The first-order chi connectivity index (χ1) is 9.91. The molecule has 0 bridgehead atoms. The summed E-state index contributed by atoms with van der Waals surface area (Å²) in [4.78, 5) is 11.8. The molecule has 0 aliphatic carbocycles. The molecule has 1 saturated heterocycles. The molecule has 3 N–H and O–H groups in total. The summed E-state index contributed by atoms with van der Waals surface area (Å²) < 4.78 is 26.3. The van der Waals surface area contributed by atoms with Crippen molar-refractivity contribution in [1.29, 1.82) is 0 Å². The summed E-state index contributed by atoms with van der Waals surface area (Å²) in [6.45, 7) is 4.40. The Balaban J connectivity index is 1.77. The number of sulfonamides is 1. The van der Waals surface area contributed by atoms with Gasteiger partial charge in [-0.2, -0.15) is 0 Å². The predicted molar refractivity (Wildman–Crippen MR) is 82.7 cm³/mol. The number of carbonyl (C=O) groups is 1. The van der Waals surface area contributed by atoms with Gasteiger partial charge in [-0.3, -0.25) is 4.79 Å². The van der Waals surface area contributed by atoms with E-state index in [1.54, 1.807) is 11.4 Å². The Morgan fingerprint density at radius 1 is 1.43 bits per heavy atom. The highest BCUT2D eigenvalue weighted by Crippen LogP contribution is 2.26. The van der Waals surface area contributed by atoms with Gasteiger partial charge in [-0.15, -0.1) is 11.3 Å². The number of hydrogen-bond acceptors (Lipinski definition) is 5. The molecule has 1 amide bonds. The summed E-state index contributed by atoms with van der Waals surface area (Å²) in [7, 11) is -3.57. The van der Waals surface area contributed by atoms with Crippen molar-refractivity contribution in [2.24, 2.45) is 5.41 Å². The lowest BCUT2D eigenvalue weighted by atomic mass is 9.81. The molecule has 8 heteroatoms. The van der Waals surface area contributed by atoms with Gasteiger partial charge in [0, 0.05) is 6.54 Å². The van der Waals surface area contributed by atoms with Crippen molar-refractivity contribution in [3.05, 3.63) is 17.5 Å². The number of nitrogens with one attached hydrogen (secondary N) is 3. The highest BCUT2D eigenvalue weighted by molar-refractivity contribution is 7.91. The maximum Gasteiger partial charge on any atom is 0.250 e. The van der Waals surface area contributed by atoms with Gasteiger partial charge in [0.1, 0.15) is 4.21 Å². The van der Waals surface area contributed by atoms with Crippen molar-refractivity contribution >= 4 is 27.3 Å². The second-order valence-corrected chi connectivity index (χ2v) is 8.54. The number of rotatable bonds is 6. The molecule has 0 spiro atoms. The van der Waals surface area contributed by atoms with Crippen molar-refractivity contribution in [1.82, 2.24) is 15.4 Å². The Kier molecular flexibility index (Phi) is 5.37. The zero-order valence-electron chi connectivity index (χ0n) is 12.0. The van der Waals surface area contributed by atoms with E-state index >= 15 is 0 Å². The number of carbonyl (C=O) groups excluding carboxylic acids is 1. The summed E-state index contributed by atoms with van der Waals surface area (Å²) >= 11 is 1.13. The van der Waals surface area contributed by atoms with Gasteiger partial charge in [-0.25, -0.2) is 13.1 Å². The van der Waals surface area contributed by atoms with Crippen LogP contribution in [0.1, 0.15) is 19.8 Å². The number of thiophene rings is 1. The van der Waals surface area contributed by atoms with Gasteiger partial charge in [-0.1, -0.05) is 13.0 Å². The minimum absolute atomic E-state index is 0.0908. The van der Waals surface area contributed by atoms with Gasteiger partial charge in [0.15, 0.2) is 0 Å². The van der Waals surface area contributed by atoms with E-state index in [0.717, 1.165) is 37.3 Å². The number of hydrogen-bond donors (Lipinski definition) is 3. The van der Waals surface area contributed by atoms with E-state index in [9.17, 15) is 13.2 Å². The van der Waals surface area contributed by atoms with Crippen molar-refractivity contribution in [3.63, 3.8) is 0 Å². The molecule has 118 valence electrons. The van der Waals surface area contributed by atoms with Crippen LogP contribution in [-0.2, 0) is 14.8 Å². The molecular weight excluding hydrogens is 310 g/mol. The molecule has 1 aliphatic heterocycles. The Bertz CT molecular complexity index is 563. The fourth-order valence-electron chi connectivity index (χ4n) is 2.23. The third-order valence-electron chi connectivity index (χ3n) is 3.71. The smallest absolute Gasteiger partial charge is 0.250 e. The molecule has 2 rings (SSSR count). The van der Waals surface area contributed by atoms with Crippen LogP contribution in [0.2, 0.25) is 0 Å². The fraction of sp³-hybridized carbons (Fsp3) is 0.615. The largest absolute Gasteiger partial charge is 0.354 e. The summed E-state index contributed by atoms with van der Waals surface area (Å²) in [5.41, 5.74) is 0.0908. The zero-order valence-corrected chi connectivity index (χ0v) is 13.6. The molecule has 2 heterocycles. The average molecular weight is 331 g/mol. The van der Waals surface area contributed by atoms with Crippen LogP contribution in [0, 0.1) is 5.41 Å². The summed E-state index contributed by atoms with van der Waals surface area (Å²) in [6, 6.07) is 3.18. The topological polar surface area (TPSA) is 87.3 Å². The molecule has 0 unspecified atom stereocenters. The molecule has 1 aromatic rings. The number of amides is 1. The quantitative estimate of drug-likeness (QED) is 0.710. The van der Waals surface area contributed by atoms with E-state index in [1.807, 2.05) is 0 Å². The third-order valence-corrected chi connectivity index (χ3v) is 6.50.